The van der Waals surface area contributed by atoms with Crippen molar-refractivity contribution in [1.29, 1.82) is 0 Å². The zero-order chi connectivity index (χ0) is 25.8. The molecule has 35 heavy (non-hydrogen) atoms. The van der Waals surface area contributed by atoms with Gasteiger partial charge in [-0.25, -0.2) is 5.48 Å². The van der Waals surface area contributed by atoms with E-state index < -0.39 is 17.7 Å². The summed E-state index contributed by atoms with van der Waals surface area (Å²) in [6.07, 6.45) is 9.39. The summed E-state index contributed by atoms with van der Waals surface area (Å²) in [6.45, 7) is 8.42. The van der Waals surface area contributed by atoms with Gasteiger partial charge in [-0.2, -0.15) is 0 Å². The van der Waals surface area contributed by atoms with Crippen LogP contribution in [0.15, 0.2) is 36.4 Å². The fourth-order valence-corrected chi connectivity index (χ4v) is 4.76. The number of benzene rings is 1. The lowest BCUT2D eigenvalue weighted by Gasteiger charge is -2.33. The Morgan fingerprint density at radius 1 is 0.971 bits per heavy atom. The maximum absolute atomic E-state index is 13.6. The number of carbonyl (C=O) groups excluding carboxylic acids is 3. The van der Waals surface area contributed by atoms with E-state index in [2.05, 4.69) is 5.43 Å². The first-order chi connectivity index (χ1) is 16.7. The smallest absolute Gasteiger partial charge is 0.247 e. The van der Waals surface area contributed by atoms with Gasteiger partial charge in [-0.15, -0.1) is 0 Å². The zero-order valence-electron chi connectivity index (χ0n) is 21.7. The lowest BCUT2D eigenvalue weighted by atomic mass is 9.82. The normalized spacial score (nSPS) is 16.3. The number of rotatable bonds is 11. The van der Waals surface area contributed by atoms with Crippen molar-refractivity contribution < 1.29 is 19.6 Å². The van der Waals surface area contributed by atoms with Gasteiger partial charge in [0, 0.05) is 12.5 Å². The molecule has 1 aliphatic carbocycles. The molecule has 7 nitrogen and oxygen atoms in total. The van der Waals surface area contributed by atoms with Crippen LogP contribution < -0.4 is 10.9 Å². The molecule has 0 unspecified atom stereocenters. The summed E-state index contributed by atoms with van der Waals surface area (Å²) < 4.78 is 0. The number of hydrazine groups is 1. The van der Waals surface area contributed by atoms with Gasteiger partial charge in [0.05, 0.1) is 11.8 Å². The Morgan fingerprint density at radius 3 is 2.20 bits per heavy atom. The van der Waals surface area contributed by atoms with E-state index in [4.69, 9.17) is 0 Å². The number of hydroxylamine groups is 1. The predicted octanol–water partition coefficient (Wildman–Crippen LogP) is 4.97. The van der Waals surface area contributed by atoms with Crippen LogP contribution in [0.4, 0.5) is 0 Å². The maximum Gasteiger partial charge on any atom is 0.247 e. The van der Waals surface area contributed by atoms with E-state index in [1.54, 1.807) is 5.48 Å². The van der Waals surface area contributed by atoms with Gasteiger partial charge < -0.3 is 0 Å². The third-order valence-electron chi connectivity index (χ3n) is 6.51. The number of allylic oxidation sites excluding steroid dienone is 1. The van der Waals surface area contributed by atoms with Crippen molar-refractivity contribution in [2.75, 3.05) is 6.54 Å². The Morgan fingerprint density at radius 2 is 1.63 bits per heavy atom. The molecule has 2 atom stereocenters. The highest BCUT2D eigenvalue weighted by atomic mass is 16.5. The SMILES string of the molecule is CC(C)C[C@@H](C(=O)NN(CC(C)C)C(=O)C1CCCCC1)[C@H](CC=Cc1ccccc1)C(=O)NO. The molecule has 0 aliphatic heterocycles. The van der Waals surface area contributed by atoms with E-state index in [0.29, 0.717) is 13.0 Å². The molecule has 0 bridgehead atoms. The molecule has 1 aromatic rings. The molecule has 0 radical (unpaired) electrons. The average molecular weight is 486 g/mol. The second kappa shape index (κ2) is 14.7. The third kappa shape index (κ3) is 9.48. The Balaban J connectivity index is 2.23. The first kappa shape index (κ1) is 28.6. The van der Waals surface area contributed by atoms with E-state index in [9.17, 15) is 19.6 Å². The summed E-state index contributed by atoms with van der Waals surface area (Å²) in [7, 11) is 0. The largest absolute Gasteiger partial charge is 0.289 e. The lowest BCUT2D eigenvalue weighted by Crippen LogP contribution is -2.53. The molecule has 1 aromatic carbocycles. The molecule has 3 N–H and O–H groups in total. The van der Waals surface area contributed by atoms with Gasteiger partial charge in [0.15, 0.2) is 0 Å². The van der Waals surface area contributed by atoms with Crippen molar-refractivity contribution in [3.8, 4) is 0 Å². The second-order valence-corrected chi connectivity index (χ2v) is 10.5. The van der Waals surface area contributed by atoms with Crippen LogP contribution in [0.1, 0.15) is 78.2 Å². The quantitative estimate of drug-likeness (QED) is 0.304. The highest BCUT2D eigenvalue weighted by Crippen LogP contribution is 2.28. The Bertz CT molecular complexity index is 832. The van der Waals surface area contributed by atoms with Crippen LogP contribution in [0.2, 0.25) is 0 Å². The van der Waals surface area contributed by atoms with Crippen molar-refractivity contribution in [2.24, 2.45) is 29.6 Å². The Labute approximate surface area is 210 Å². The van der Waals surface area contributed by atoms with Gasteiger partial charge in [-0.3, -0.25) is 30.0 Å². The minimum absolute atomic E-state index is 0.0396. The van der Waals surface area contributed by atoms with Gasteiger partial charge in [-0.1, -0.05) is 89.4 Å². The van der Waals surface area contributed by atoms with E-state index in [0.717, 1.165) is 37.7 Å². The van der Waals surface area contributed by atoms with Gasteiger partial charge in [0.25, 0.3) is 0 Å². The fraction of sp³-hybridized carbons (Fsp3) is 0.607. The van der Waals surface area contributed by atoms with Crippen LogP contribution in [-0.2, 0) is 14.4 Å². The van der Waals surface area contributed by atoms with Crippen LogP contribution in [0.5, 0.6) is 0 Å². The van der Waals surface area contributed by atoms with Crippen molar-refractivity contribution in [3.63, 3.8) is 0 Å². The van der Waals surface area contributed by atoms with Crippen LogP contribution in [0.25, 0.3) is 6.08 Å². The van der Waals surface area contributed by atoms with Gasteiger partial charge in [0.1, 0.15) is 0 Å². The summed E-state index contributed by atoms with van der Waals surface area (Å²) in [5, 5.41) is 10.9. The molecule has 0 saturated heterocycles. The number of hydrogen-bond acceptors (Lipinski definition) is 4. The standard InChI is InChI=1S/C28H43N3O4/c1-20(2)18-25(24(27(33)30-35)17-11-14-22-12-7-5-8-13-22)26(32)29-31(19-21(3)4)28(34)23-15-9-6-10-16-23/h5,7-8,11-14,20-21,23-25,35H,6,9-10,15-19H2,1-4H3,(H,29,32)(H,30,33)/t24-,25+/m0/s1. The van der Waals surface area contributed by atoms with Gasteiger partial charge in [0.2, 0.25) is 17.7 Å². The van der Waals surface area contributed by atoms with Crippen molar-refractivity contribution >= 4 is 23.8 Å². The molecule has 7 heteroatoms. The zero-order valence-corrected chi connectivity index (χ0v) is 21.7. The maximum atomic E-state index is 13.6. The third-order valence-corrected chi connectivity index (χ3v) is 6.51. The van der Waals surface area contributed by atoms with Crippen LogP contribution in [0, 0.1) is 29.6 Å². The fourth-order valence-electron chi connectivity index (χ4n) is 4.76. The summed E-state index contributed by atoms with van der Waals surface area (Å²) in [4.78, 5) is 39.5. The highest BCUT2D eigenvalue weighted by molar-refractivity contribution is 5.89. The predicted molar refractivity (Wildman–Crippen MR) is 138 cm³/mol. The molecular weight excluding hydrogens is 442 g/mol. The molecule has 0 aromatic heterocycles. The highest BCUT2D eigenvalue weighted by Gasteiger charge is 2.36. The molecule has 194 valence electrons. The summed E-state index contributed by atoms with van der Waals surface area (Å²) in [6, 6.07) is 9.70. The second-order valence-electron chi connectivity index (χ2n) is 10.5. The molecule has 1 saturated carbocycles. The van der Waals surface area contributed by atoms with Crippen molar-refractivity contribution in [1.82, 2.24) is 15.9 Å². The molecule has 3 amide bonds. The summed E-state index contributed by atoms with van der Waals surface area (Å²) in [5.41, 5.74) is 5.61. The molecular formula is C28H43N3O4. The van der Waals surface area contributed by atoms with Gasteiger partial charge >= 0.3 is 0 Å². The summed E-state index contributed by atoms with van der Waals surface area (Å²) >= 11 is 0. The number of hydrogen-bond donors (Lipinski definition) is 3. The van der Waals surface area contributed by atoms with Crippen molar-refractivity contribution in [2.45, 2.75) is 72.6 Å². The first-order valence-corrected chi connectivity index (χ1v) is 13.0. The average Bonchev–Trinajstić information content (AvgIpc) is 2.85. The molecule has 1 fully saturated rings. The molecule has 1 aliphatic rings. The van der Waals surface area contributed by atoms with E-state index in [1.807, 2.05) is 70.2 Å². The Kier molecular flexibility index (Phi) is 12.0. The molecule has 0 heterocycles. The van der Waals surface area contributed by atoms with Crippen LogP contribution in [0.3, 0.4) is 0 Å². The number of amides is 3. The van der Waals surface area contributed by atoms with Crippen LogP contribution in [-0.4, -0.2) is 34.5 Å². The topological polar surface area (TPSA) is 98.7 Å². The first-order valence-electron chi connectivity index (χ1n) is 13.0. The van der Waals surface area contributed by atoms with Gasteiger partial charge in [-0.05, 0) is 43.1 Å². The number of nitrogens with one attached hydrogen (secondary N) is 2. The monoisotopic (exact) mass is 485 g/mol. The number of carbonyl (C=O) groups is 3. The van der Waals surface area contributed by atoms with Crippen molar-refractivity contribution in [3.05, 3.63) is 42.0 Å². The minimum atomic E-state index is -0.770. The molecule has 0 spiro atoms. The summed E-state index contributed by atoms with van der Waals surface area (Å²) in [5.74, 6) is -2.21. The van der Waals surface area contributed by atoms with E-state index in [-0.39, 0.29) is 36.0 Å². The van der Waals surface area contributed by atoms with E-state index in [1.165, 1.54) is 5.01 Å². The Hall–Kier alpha value is -2.67. The number of nitrogens with zero attached hydrogens (tertiary/aromatic N) is 1. The van der Waals surface area contributed by atoms with Crippen LogP contribution >= 0.6 is 0 Å². The molecule has 2 rings (SSSR count). The van der Waals surface area contributed by atoms with E-state index >= 15 is 0 Å². The minimum Gasteiger partial charge on any atom is -0.289 e. The lowest BCUT2D eigenvalue weighted by molar-refractivity contribution is -0.150.